The zero-order valence-corrected chi connectivity index (χ0v) is 13.6. The van der Waals surface area contributed by atoms with E-state index in [0.717, 1.165) is 4.47 Å². The molecule has 1 atom stereocenters. The Balaban J connectivity index is 2.96. The molecule has 0 aliphatic heterocycles. The number of nitrogens with two attached hydrogens (primary N) is 1. The first-order valence-corrected chi connectivity index (χ1v) is 7.13. The van der Waals surface area contributed by atoms with Crippen LogP contribution in [-0.4, -0.2) is 50.8 Å². The van der Waals surface area contributed by atoms with E-state index in [-0.39, 0.29) is 11.9 Å². The van der Waals surface area contributed by atoms with E-state index in [1.807, 2.05) is 6.92 Å². The summed E-state index contributed by atoms with van der Waals surface area (Å²) in [6.45, 7) is 3.40. The number of amides is 1. The molecule has 0 saturated carbocycles. The molecule has 5 nitrogen and oxygen atoms in total. The van der Waals surface area contributed by atoms with E-state index in [2.05, 4.69) is 15.9 Å². The number of benzene rings is 1. The molecule has 2 N–H and O–H groups in total. The third kappa shape index (κ3) is 4.77. The number of nitrogen functional groups attached to an aromatic ring is 1. The van der Waals surface area contributed by atoms with Gasteiger partial charge in [-0.05, 0) is 25.1 Å². The molecule has 0 saturated heterocycles. The van der Waals surface area contributed by atoms with E-state index in [0.29, 0.717) is 31.0 Å². The van der Waals surface area contributed by atoms with Crippen molar-refractivity contribution >= 4 is 27.5 Å². The van der Waals surface area contributed by atoms with Gasteiger partial charge in [-0.3, -0.25) is 4.79 Å². The SMILES string of the molecule is COCCN(C(=O)c1cc(N)cc(Br)c1)C(C)COC. The van der Waals surface area contributed by atoms with E-state index < -0.39 is 0 Å². The van der Waals surface area contributed by atoms with Gasteiger partial charge in [-0.2, -0.15) is 0 Å². The topological polar surface area (TPSA) is 64.8 Å². The van der Waals surface area contributed by atoms with Gasteiger partial charge in [0.25, 0.3) is 5.91 Å². The standard InChI is InChI=1S/C14H21BrN2O3/c1-10(9-20-3)17(4-5-19-2)14(18)11-6-12(15)8-13(16)7-11/h6-8,10H,4-5,9,16H2,1-3H3. The number of nitrogens with zero attached hydrogens (tertiary/aromatic N) is 1. The predicted octanol–water partition coefficient (Wildman–Crippen LogP) is 2.15. The number of rotatable bonds is 7. The van der Waals surface area contributed by atoms with Crippen LogP contribution in [0.3, 0.4) is 0 Å². The van der Waals surface area contributed by atoms with E-state index in [4.69, 9.17) is 15.2 Å². The number of halogens is 1. The maximum absolute atomic E-state index is 12.6. The molecule has 0 radical (unpaired) electrons. The van der Waals surface area contributed by atoms with Crippen LogP contribution in [0.2, 0.25) is 0 Å². The summed E-state index contributed by atoms with van der Waals surface area (Å²) in [5.41, 5.74) is 6.88. The normalized spacial score (nSPS) is 12.2. The average Bonchev–Trinajstić information content (AvgIpc) is 2.38. The van der Waals surface area contributed by atoms with Crippen LogP contribution in [0, 0.1) is 0 Å². The summed E-state index contributed by atoms with van der Waals surface area (Å²) in [4.78, 5) is 14.3. The number of hydrogen-bond acceptors (Lipinski definition) is 4. The Morgan fingerprint density at radius 2 is 2.05 bits per heavy atom. The van der Waals surface area contributed by atoms with Crippen molar-refractivity contribution in [3.05, 3.63) is 28.2 Å². The zero-order chi connectivity index (χ0) is 15.1. The first-order valence-electron chi connectivity index (χ1n) is 6.34. The Kier molecular flexibility index (Phi) is 6.98. The fourth-order valence-electron chi connectivity index (χ4n) is 1.94. The first kappa shape index (κ1) is 16.9. The number of carbonyl (C=O) groups excluding carboxylic acids is 1. The van der Waals surface area contributed by atoms with Gasteiger partial charge < -0.3 is 20.1 Å². The van der Waals surface area contributed by atoms with Crippen molar-refractivity contribution in [1.29, 1.82) is 0 Å². The maximum Gasteiger partial charge on any atom is 0.254 e. The van der Waals surface area contributed by atoms with Crippen molar-refractivity contribution in [3.8, 4) is 0 Å². The minimum absolute atomic E-state index is 0.0390. The Labute approximate surface area is 128 Å². The quantitative estimate of drug-likeness (QED) is 0.769. The molecule has 0 bridgehead atoms. The van der Waals surface area contributed by atoms with Gasteiger partial charge in [0.1, 0.15) is 0 Å². The lowest BCUT2D eigenvalue weighted by Gasteiger charge is -2.29. The van der Waals surface area contributed by atoms with Gasteiger partial charge in [-0.1, -0.05) is 15.9 Å². The van der Waals surface area contributed by atoms with E-state index in [1.54, 1.807) is 37.3 Å². The van der Waals surface area contributed by atoms with Crippen LogP contribution >= 0.6 is 15.9 Å². The molecule has 20 heavy (non-hydrogen) atoms. The van der Waals surface area contributed by atoms with Crippen molar-refractivity contribution in [2.45, 2.75) is 13.0 Å². The van der Waals surface area contributed by atoms with Crippen LogP contribution in [0.1, 0.15) is 17.3 Å². The van der Waals surface area contributed by atoms with Crippen molar-refractivity contribution in [2.24, 2.45) is 0 Å². The van der Waals surface area contributed by atoms with Gasteiger partial charge in [0, 0.05) is 36.5 Å². The molecule has 0 fully saturated rings. The van der Waals surface area contributed by atoms with Crippen LogP contribution in [-0.2, 0) is 9.47 Å². The second-order valence-electron chi connectivity index (χ2n) is 4.57. The molecule has 112 valence electrons. The van der Waals surface area contributed by atoms with Crippen molar-refractivity contribution < 1.29 is 14.3 Å². The molecule has 1 rings (SSSR count). The molecular weight excluding hydrogens is 324 g/mol. The summed E-state index contributed by atoms with van der Waals surface area (Å²) >= 11 is 3.35. The molecule has 0 spiro atoms. The highest BCUT2D eigenvalue weighted by atomic mass is 79.9. The largest absolute Gasteiger partial charge is 0.399 e. The summed E-state index contributed by atoms with van der Waals surface area (Å²) in [6.07, 6.45) is 0. The lowest BCUT2D eigenvalue weighted by Crippen LogP contribution is -2.43. The average molecular weight is 345 g/mol. The molecular formula is C14H21BrN2O3. The number of methoxy groups -OCH3 is 2. The highest BCUT2D eigenvalue weighted by Crippen LogP contribution is 2.19. The predicted molar refractivity (Wildman–Crippen MR) is 82.8 cm³/mol. The van der Waals surface area contributed by atoms with Crippen molar-refractivity contribution in [3.63, 3.8) is 0 Å². The number of anilines is 1. The Hall–Kier alpha value is -1.11. The second-order valence-corrected chi connectivity index (χ2v) is 5.48. The van der Waals surface area contributed by atoms with Crippen LogP contribution < -0.4 is 5.73 Å². The fourth-order valence-corrected chi connectivity index (χ4v) is 2.46. The van der Waals surface area contributed by atoms with Crippen LogP contribution in [0.4, 0.5) is 5.69 Å². The smallest absolute Gasteiger partial charge is 0.254 e. The molecule has 1 aromatic rings. The van der Waals surface area contributed by atoms with Gasteiger partial charge in [-0.25, -0.2) is 0 Å². The summed E-state index contributed by atoms with van der Waals surface area (Å²) < 4.78 is 11.0. The molecule has 1 unspecified atom stereocenters. The third-order valence-electron chi connectivity index (χ3n) is 2.90. The fraction of sp³-hybridized carbons (Fsp3) is 0.500. The summed E-state index contributed by atoms with van der Waals surface area (Å²) in [6, 6.07) is 5.15. The molecule has 0 aromatic heterocycles. The number of carbonyl (C=O) groups is 1. The monoisotopic (exact) mass is 344 g/mol. The number of ether oxygens (including phenoxy) is 2. The molecule has 6 heteroatoms. The Morgan fingerprint density at radius 1 is 1.35 bits per heavy atom. The van der Waals surface area contributed by atoms with E-state index >= 15 is 0 Å². The zero-order valence-electron chi connectivity index (χ0n) is 12.1. The minimum atomic E-state index is -0.0837. The van der Waals surface area contributed by atoms with Gasteiger partial charge in [0.05, 0.1) is 19.3 Å². The molecule has 0 aliphatic carbocycles. The van der Waals surface area contributed by atoms with Crippen molar-refractivity contribution in [2.75, 3.05) is 39.7 Å². The second kappa shape index (κ2) is 8.24. The van der Waals surface area contributed by atoms with Gasteiger partial charge in [0.2, 0.25) is 0 Å². The summed E-state index contributed by atoms with van der Waals surface area (Å²) in [5.74, 6) is -0.0837. The van der Waals surface area contributed by atoms with Crippen LogP contribution in [0.25, 0.3) is 0 Å². The molecule has 1 amide bonds. The Bertz CT molecular complexity index is 434. The maximum atomic E-state index is 12.6. The van der Waals surface area contributed by atoms with Gasteiger partial charge in [-0.15, -0.1) is 0 Å². The van der Waals surface area contributed by atoms with Gasteiger partial charge in [0.15, 0.2) is 0 Å². The van der Waals surface area contributed by atoms with Crippen LogP contribution in [0.15, 0.2) is 22.7 Å². The Morgan fingerprint density at radius 3 is 2.60 bits per heavy atom. The molecule has 0 heterocycles. The lowest BCUT2D eigenvalue weighted by molar-refractivity contribution is 0.0479. The minimum Gasteiger partial charge on any atom is -0.399 e. The number of hydrogen-bond donors (Lipinski definition) is 1. The molecule has 0 aliphatic rings. The van der Waals surface area contributed by atoms with Crippen LogP contribution in [0.5, 0.6) is 0 Å². The summed E-state index contributed by atoms with van der Waals surface area (Å²) in [5, 5.41) is 0. The molecule has 1 aromatic carbocycles. The highest BCUT2D eigenvalue weighted by Gasteiger charge is 2.21. The lowest BCUT2D eigenvalue weighted by atomic mass is 10.1. The summed E-state index contributed by atoms with van der Waals surface area (Å²) in [7, 11) is 3.23. The third-order valence-corrected chi connectivity index (χ3v) is 3.36. The first-order chi connectivity index (χ1) is 9.49. The van der Waals surface area contributed by atoms with Gasteiger partial charge >= 0.3 is 0 Å². The van der Waals surface area contributed by atoms with Crippen molar-refractivity contribution in [1.82, 2.24) is 4.90 Å². The van der Waals surface area contributed by atoms with E-state index in [1.165, 1.54) is 0 Å². The van der Waals surface area contributed by atoms with E-state index in [9.17, 15) is 4.79 Å². The highest BCUT2D eigenvalue weighted by molar-refractivity contribution is 9.10.